The van der Waals surface area contributed by atoms with Gasteiger partial charge >= 0.3 is 0 Å². The van der Waals surface area contributed by atoms with Gasteiger partial charge in [0.15, 0.2) is 17.2 Å². The zero-order valence-electron chi connectivity index (χ0n) is 16.5. The molecular weight excluding hydrogens is 382 g/mol. The minimum Gasteiger partial charge on any atom is -0.493 e. The summed E-state index contributed by atoms with van der Waals surface area (Å²) < 4.78 is 13.4. The number of carbonyl (C=O) groups excluding carboxylic acids is 1. The molecule has 1 atom stereocenters. The summed E-state index contributed by atoms with van der Waals surface area (Å²) in [5.41, 5.74) is 9.39. The smallest absolute Gasteiger partial charge is 0.245 e. The lowest BCUT2D eigenvalue weighted by atomic mass is 10.0. The maximum atomic E-state index is 12.0. The summed E-state index contributed by atoms with van der Waals surface area (Å²) in [6.45, 7) is 4.87. The monoisotopic (exact) mass is 403 g/mol. The van der Waals surface area contributed by atoms with Crippen LogP contribution in [0, 0.1) is 0 Å². The minimum atomic E-state index is -0.0582. The maximum absolute atomic E-state index is 12.0. The van der Waals surface area contributed by atoms with Gasteiger partial charge in [-0.3, -0.25) is 4.79 Å². The number of anilines is 1. The van der Waals surface area contributed by atoms with E-state index >= 15 is 0 Å². The van der Waals surface area contributed by atoms with Crippen molar-refractivity contribution in [3.05, 3.63) is 55.0 Å². The molecule has 1 aliphatic rings. The lowest BCUT2D eigenvalue weighted by molar-refractivity contribution is -0.125. The van der Waals surface area contributed by atoms with Gasteiger partial charge in [-0.25, -0.2) is 9.50 Å². The number of hydrogen-bond acceptors (Lipinski definition) is 6. The lowest BCUT2D eigenvalue weighted by Gasteiger charge is -2.14. The second-order valence-corrected chi connectivity index (χ2v) is 7.35. The zero-order chi connectivity index (χ0) is 20.8. The first-order valence-electron chi connectivity index (χ1n) is 9.71. The van der Waals surface area contributed by atoms with Crippen LogP contribution in [0.3, 0.4) is 0 Å². The first kappa shape index (κ1) is 18.2. The number of hydrogen-bond donors (Lipinski definition) is 1. The summed E-state index contributed by atoms with van der Waals surface area (Å²) in [5.74, 6) is 1.77. The van der Waals surface area contributed by atoms with Crippen LogP contribution < -0.4 is 10.5 Å². The van der Waals surface area contributed by atoms with E-state index in [1.54, 1.807) is 12.0 Å². The fraction of sp³-hybridized carbons (Fsp3) is 0.227. The molecular formula is C22H21N5O3. The number of amides is 1. The SMILES string of the molecule is C=CC(=O)N1CC[C@H](c2cc(-c3cc4cccc(OC)c4o3)c3c(N)ncnn23)C1. The molecule has 0 radical (unpaired) electrons. The summed E-state index contributed by atoms with van der Waals surface area (Å²) >= 11 is 0. The van der Waals surface area contributed by atoms with E-state index < -0.39 is 0 Å². The van der Waals surface area contributed by atoms with Crippen LogP contribution in [0.15, 0.2) is 53.7 Å². The van der Waals surface area contributed by atoms with E-state index in [4.69, 9.17) is 14.9 Å². The van der Waals surface area contributed by atoms with Gasteiger partial charge in [0.05, 0.1) is 7.11 Å². The quantitative estimate of drug-likeness (QED) is 0.525. The van der Waals surface area contributed by atoms with E-state index in [2.05, 4.69) is 16.7 Å². The third-order valence-electron chi connectivity index (χ3n) is 5.70. The van der Waals surface area contributed by atoms with Crippen molar-refractivity contribution in [3.63, 3.8) is 0 Å². The van der Waals surface area contributed by atoms with E-state index in [0.29, 0.717) is 41.5 Å². The summed E-state index contributed by atoms with van der Waals surface area (Å²) in [5, 5.41) is 5.38. The van der Waals surface area contributed by atoms with Crippen LogP contribution in [0.25, 0.3) is 27.8 Å². The summed E-state index contributed by atoms with van der Waals surface area (Å²) in [6, 6.07) is 9.76. The molecule has 3 aromatic heterocycles. The van der Waals surface area contributed by atoms with Crippen LogP contribution in [0.1, 0.15) is 18.0 Å². The lowest BCUT2D eigenvalue weighted by Crippen LogP contribution is -2.26. The Kier molecular flexibility index (Phi) is 4.20. The molecule has 0 bridgehead atoms. The van der Waals surface area contributed by atoms with Crippen LogP contribution in [-0.4, -0.2) is 45.6 Å². The van der Waals surface area contributed by atoms with Crippen molar-refractivity contribution in [1.82, 2.24) is 19.5 Å². The molecule has 1 aliphatic heterocycles. The number of benzene rings is 1. The van der Waals surface area contributed by atoms with Crippen molar-refractivity contribution in [2.45, 2.75) is 12.3 Å². The van der Waals surface area contributed by atoms with Gasteiger partial charge in [0.25, 0.3) is 0 Å². The Morgan fingerprint density at radius 3 is 3.07 bits per heavy atom. The average Bonchev–Trinajstić information content (AvgIpc) is 3.48. The van der Waals surface area contributed by atoms with E-state index in [1.165, 1.54) is 12.4 Å². The molecule has 5 rings (SSSR count). The van der Waals surface area contributed by atoms with Gasteiger partial charge in [0.1, 0.15) is 17.6 Å². The number of nitrogen functional groups attached to an aromatic ring is 1. The highest BCUT2D eigenvalue weighted by Gasteiger charge is 2.30. The Balaban J connectivity index is 1.65. The second-order valence-electron chi connectivity index (χ2n) is 7.35. The van der Waals surface area contributed by atoms with E-state index in [0.717, 1.165) is 23.1 Å². The number of fused-ring (bicyclic) bond motifs is 2. The van der Waals surface area contributed by atoms with Gasteiger partial charge in [-0.1, -0.05) is 18.7 Å². The molecule has 8 nitrogen and oxygen atoms in total. The maximum Gasteiger partial charge on any atom is 0.245 e. The first-order valence-corrected chi connectivity index (χ1v) is 9.71. The molecule has 0 unspecified atom stereocenters. The highest BCUT2D eigenvalue weighted by Crippen LogP contribution is 2.39. The third kappa shape index (κ3) is 2.72. The molecule has 1 aromatic carbocycles. The van der Waals surface area contributed by atoms with Crippen molar-refractivity contribution in [2.24, 2.45) is 0 Å². The van der Waals surface area contributed by atoms with Gasteiger partial charge in [0.2, 0.25) is 5.91 Å². The number of para-hydroxylation sites is 1. The number of nitrogens with zero attached hydrogens (tertiary/aromatic N) is 4. The third-order valence-corrected chi connectivity index (χ3v) is 5.70. The second kappa shape index (κ2) is 6.91. The molecule has 0 spiro atoms. The van der Waals surface area contributed by atoms with E-state index in [1.807, 2.05) is 34.8 Å². The fourth-order valence-electron chi connectivity index (χ4n) is 4.23. The zero-order valence-corrected chi connectivity index (χ0v) is 16.5. The number of ether oxygens (including phenoxy) is 1. The van der Waals surface area contributed by atoms with Crippen molar-refractivity contribution < 1.29 is 13.9 Å². The molecule has 1 fully saturated rings. The molecule has 1 amide bonds. The predicted octanol–water partition coefficient (Wildman–Crippen LogP) is 3.24. The highest BCUT2D eigenvalue weighted by atomic mass is 16.5. The molecule has 0 aliphatic carbocycles. The van der Waals surface area contributed by atoms with E-state index in [-0.39, 0.29) is 11.8 Å². The highest BCUT2D eigenvalue weighted by molar-refractivity contribution is 5.93. The van der Waals surface area contributed by atoms with Crippen LogP contribution in [0.2, 0.25) is 0 Å². The molecule has 0 saturated carbocycles. The summed E-state index contributed by atoms with van der Waals surface area (Å²) in [6.07, 6.45) is 3.63. The molecule has 1 saturated heterocycles. The van der Waals surface area contributed by atoms with Gasteiger partial charge < -0.3 is 19.8 Å². The van der Waals surface area contributed by atoms with Crippen LogP contribution in [0.5, 0.6) is 5.75 Å². The largest absolute Gasteiger partial charge is 0.493 e. The summed E-state index contributed by atoms with van der Waals surface area (Å²) in [7, 11) is 1.62. The average molecular weight is 403 g/mol. The van der Waals surface area contributed by atoms with Gasteiger partial charge in [-0.2, -0.15) is 5.10 Å². The minimum absolute atomic E-state index is 0.0582. The molecule has 4 aromatic rings. The number of rotatable bonds is 4. The molecule has 4 heterocycles. The van der Waals surface area contributed by atoms with Crippen LogP contribution >= 0.6 is 0 Å². The number of furan rings is 1. The number of nitrogens with two attached hydrogens (primary N) is 1. The molecule has 152 valence electrons. The summed E-state index contributed by atoms with van der Waals surface area (Å²) in [4.78, 5) is 18.0. The Morgan fingerprint density at radius 2 is 2.27 bits per heavy atom. The number of likely N-dealkylation sites (tertiary alicyclic amines) is 1. The normalized spacial score (nSPS) is 16.4. The molecule has 30 heavy (non-hydrogen) atoms. The molecule has 8 heteroatoms. The standard InChI is InChI=1S/C22H21N5O3/c1-3-19(28)26-8-7-14(11-26)16-10-15(20-22(23)24-12-25-27(16)20)18-9-13-5-4-6-17(29-2)21(13)30-18/h3-6,9-10,12,14H,1,7-8,11H2,2H3,(H2,23,24,25)/t14-/m0/s1. The van der Waals surface area contributed by atoms with Crippen LogP contribution in [0.4, 0.5) is 5.82 Å². The topological polar surface area (TPSA) is 98.9 Å². The number of carbonyl (C=O) groups is 1. The predicted molar refractivity (Wildman–Crippen MR) is 113 cm³/mol. The number of aromatic nitrogens is 3. The van der Waals surface area contributed by atoms with Gasteiger partial charge in [-0.05, 0) is 30.7 Å². The van der Waals surface area contributed by atoms with E-state index in [9.17, 15) is 4.79 Å². The Hall–Kier alpha value is -3.81. The van der Waals surface area contributed by atoms with Crippen molar-refractivity contribution in [3.8, 4) is 17.1 Å². The fourth-order valence-corrected chi connectivity index (χ4v) is 4.23. The van der Waals surface area contributed by atoms with Crippen LogP contribution in [-0.2, 0) is 4.79 Å². The van der Waals surface area contributed by atoms with Crippen molar-refractivity contribution in [1.29, 1.82) is 0 Å². The van der Waals surface area contributed by atoms with Crippen molar-refractivity contribution in [2.75, 3.05) is 25.9 Å². The first-order chi connectivity index (χ1) is 14.6. The number of methoxy groups -OCH3 is 1. The Morgan fingerprint density at radius 1 is 1.40 bits per heavy atom. The van der Waals surface area contributed by atoms with Gasteiger partial charge in [0, 0.05) is 35.7 Å². The van der Waals surface area contributed by atoms with Gasteiger partial charge in [-0.15, -0.1) is 0 Å². The Bertz CT molecular complexity index is 1290. The van der Waals surface area contributed by atoms with Crippen molar-refractivity contribution >= 4 is 28.2 Å². The Labute approximate surface area is 172 Å². The molecule has 2 N–H and O–H groups in total.